The van der Waals surface area contributed by atoms with E-state index in [0.717, 1.165) is 32.1 Å². The first kappa shape index (κ1) is 21.4. The Labute approximate surface area is 176 Å². The molecule has 0 radical (unpaired) electrons. The molecular weight excluding hydrogens is 401 g/mol. The Balaban J connectivity index is 1.54. The van der Waals surface area contributed by atoms with E-state index in [0.29, 0.717) is 6.42 Å². The highest BCUT2D eigenvalue weighted by molar-refractivity contribution is 6.27. The van der Waals surface area contributed by atoms with Gasteiger partial charge in [0.15, 0.2) is 0 Å². The third-order valence-corrected chi connectivity index (χ3v) is 6.79. The Kier molecular flexibility index (Phi) is 6.58. The molecule has 0 bridgehead atoms. The molecule has 1 N–H and O–H groups in total. The zero-order chi connectivity index (χ0) is 20.4. The quantitative estimate of drug-likeness (QED) is 0.392. The van der Waals surface area contributed by atoms with E-state index in [1.54, 1.807) is 0 Å². The molecule has 1 aliphatic heterocycles. The molecule has 1 heterocycles. The number of fused-ring (bicyclic) bond motifs is 1. The predicted molar refractivity (Wildman–Crippen MR) is 109 cm³/mol. The first-order valence-corrected chi connectivity index (χ1v) is 10.6. The van der Waals surface area contributed by atoms with Crippen LogP contribution in [0.1, 0.15) is 51.5 Å². The van der Waals surface area contributed by atoms with Gasteiger partial charge in [-0.2, -0.15) is 0 Å². The molecule has 3 rings (SSSR count). The van der Waals surface area contributed by atoms with Crippen LogP contribution in [0.15, 0.2) is 30.3 Å². The summed E-state index contributed by atoms with van der Waals surface area (Å²) in [6, 6.07) is 10.4. The van der Waals surface area contributed by atoms with Crippen LogP contribution < -0.4 is 5.32 Å². The van der Waals surface area contributed by atoms with Gasteiger partial charge in [0.1, 0.15) is 22.7 Å². The number of carbonyl (C=O) groups excluding carboxylic acids is 2. The van der Waals surface area contributed by atoms with Gasteiger partial charge >= 0.3 is 6.09 Å². The fourth-order valence-corrected chi connectivity index (χ4v) is 5.02. The average molecular weight is 428 g/mol. The molecule has 7 heteroatoms. The van der Waals surface area contributed by atoms with Gasteiger partial charge < -0.3 is 9.47 Å². The van der Waals surface area contributed by atoms with E-state index in [9.17, 15) is 9.59 Å². The smallest absolute Gasteiger partial charge is 0.414 e. The van der Waals surface area contributed by atoms with E-state index >= 15 is 0 Å². The molecule has 2 fully saturated rings. The third-order valence-electron chi connectivity index (χ3n) is 5.82. The highest BCUT2D eigenvalue weighted by atomic mass is 35.5. The second kappa shape index (κ2) is 8.60. The van der Waals surface area contributed by atoms with Crippen molar-refractivity contribution in [2.45, 2.75) is 80.4 Å². The summed E-state index contributed by atoms with van der Waals surface area (Å²) in [5.41, 5.74) is 0.750. The molecule has 1 aromatic rings. The third kappa shape index (κ3) is 4.47. The number of imide groups is 1. The Morgan fingerprint density at radius 2 is 1.96 bits per heavy atom. The van der Waals surface area contributed by atoms with Crippen molar-refractivity contribution in [1.29, 1.82) is 0 Å². The Bertz CT molecular complexity index is 712. The maximum atomic E-state index is 11.9. The van der Waals surface area contributed by atoms with Crippen LogP contribution in [0.25, 0.3) is 0 Å². The number of rotatable bonds is 7. The standard InChI is InChI=1S/C21H27Cl2NO4/c1-14(25)24-19(26)27-17-13-16(22)18-21(28-18,20(17,2)23)12-8-4-7-11-15-9-5-3-6-10-15/h3,5-6,9-10,16-18H,4,7-8,11-13H2,1-2H3,(H,24,25,26)/t16-,17?,18-,20-,21+/m1/s1. The van der Waals surface area contributed by atoms with Gasteiger partial charge in [0.25, 0.3) is 0 Å². The molecule has 5 atom stereocenters. The van der Waals surface area contributed by atoms with Gasteiger partial charge in [-0.3, -0.25) is 10.1 Å². The summed E-state index contributed by atoms with van der Waals surface area (Å²) in [6.45, 7) is 3.09. The number of epoxide rings is 1. The largest absolute Gasteiger partial charge is 0.444 e. The number of hydrogen-bond donors (Lipinski definition) is 1. The van der Waals surface area contributed by atoms with Crippen LogP contribution in [0.3, 0.4) is 0 Å². The second-order valence-electron chi connectivity index (χ2n) is 7.88. The maximum Gasteiger partial charge on any atom is 0.414 e. The van der Waals surface area contributed by atoms with Crippen molar-refractivity contribution in [3.63, 3.8) is 0 Å². The fourth-order valence-electron chi connectivity index (χ4n) is 4.22. The van der Waals surface area contributed by atoms with Crippen molar-refractivity contribution in [2.24, 2.45) is 0 Å². The van der Waals surface area contributed by atoms with E-state index in [1.807, 2.05) is 13.0 Å². The number of halogens is 2. The van der Waals surface area contributed by atoms with E-state index < -0.39 is 28.6 Å². The molecule has 154 valence electrons. The summed E-state index contributed by atoms with van der Waals surface area (Å²) in [4.78, 5) is 22.1. The minimum Gasteiger partial charge on any atom is -0.444 e. The number of nitrogens with one attached hydrogen (secondary N) is 1. The van der Waals surface area contributed by atoms with Gasteiger partial charge in [-0.1, -0.05) is 43.2 Å². The number of amides is 2. The van der Waals surface area contributed by atoms with E-state index in [4.69, 9.17) is 32.7 Å². The first-order valence-electron chi connectivity index (χ1n) is 9.79. The lowest BCUT2D eigenvalue weighted by Gasteiger charge is -2.41. The van der Waals surface area contributed by atoms with E-state index in [1.165, 1.54) is 12.5 Å². The zero-order valence-corrected chi connectivity index (χ0v) is 17.8. The van der Waals surface area contributed by atoms with E-state index in [-0.39, 0.29) is 11.5 Å². The van der Waals surface area contributed by atoms with Gasteiger partial charge in [0.05, 0.1) is 5.38 Å². The minimum absolute atomic E-state index is 0.124. The predicted octanol–water partition coefficient (Wildman–Crippen LogP) is 4.58. The highest BCUT2D eigenvalue weighted by Gasteiger charge is 2.74. The van der Waals surface area contributed by atoms with Gasteiger partial charge in [0, 0.05) is 13.3 Å². The Morgan fingerprint density at radius 1 is 1.25 bits per heavy atom. The summed E-state index contributed by atoms with van der Waals surface area (Å²) in [5.74, 6) is -0.479. The van der Waals surface area contributed by atoms with Crippen LogP contribution in [0.5, 0.6) is 0 Å². The monoisotopic (exact) mass is 427 g/mol. The molecule has 2 aliphatic rings. The molecule has 1 unspecified atom stereocenters. The van der Waals surface area contributed by atoms with Crippen molar-refractivity contribution in [1.82, 2.24) is 5.32 Å². The number of aryl methyl sites for hydroxylation is 1. The molecule has 5 nitrogen and oxygen atoms in total. The van der Waals surface area contributed by atoms with E-state index in [2.05, 4.69) is 29.6 Å². The summed E-state index contributed by atoms with van der Waals surface area (Å²) in [7, 11) is 0. The van der Waals surface area contributed by atoms with Crippen molar-refractivity contribution in [2.75, 3.05) is 0 Å². The highest BCUT2D eigenvalue weighted by Crippen LogP contribution is 2.60. The summed E-state index contributed by atoms with van der Waals surface area (Å²) in [6.07, 6.45) is 3.77. The lowest BCUT2D eigenvalue weighted by Crippen LogP contribution is -2.57. The van der Waals surface area contributed by atoms with Crippen LogP contribution in [-0.4, -0.2) is 40.1 Å². The van der Waals surface area contributed by atoms with Gasteiger partial charge in [-0.15, -0.1) is 23.2 Å². The maximum absolute atomic E-state index is 11.9. The Morgan fingerprint density at radius 3 is 2.64 bits per heavy atom. The molecule has 0 aromatic heterocycles. The van der Waals surface area contributed by atoms with Gasteiger partial charge in [0.2, 0.25) is 5.91 Å². The lowest BCUT2D eigenvalue weighted by atomic mass is 9.74. The SMILES string of the molecule is CC(=O)NC(=O)OC1C[C@@H](Cl)[C@H]2O[C@]2(CCCCCc2ccccc2)[C@]1(C)Cl. The number of carbonyl (C=O) groups is 2. The molecule has 1 saturated carbocycles. The molecule has 1 saturated heterocycles. The zero-order valence-electron chi connectivity index (χ0n) is 16.3. The summed E-state index contributed by atoms with van der Waals surface area (Å²) in [5, 5.41) is 1.84. The van der Waals surface area contributed by atoms with Crippen molar-refractivity contribution >= 4 is 35.2 Å². The van der Waals surface area contributed by atoms with Crippen molar-refractivity contribution in [3.05, 3.63) is 35.9 Å². The van der Waals surface area contributed by atoms with Crippen LogP contribution in [0, 0.1) is 0 Å². The molecular formula is C21H27Cl2NO4. The number of alkyl carbamates (subject to hydrolysis) is 1. The topological polar surface area (TPSA) is 67.9 Å². The van der Waals surface area contributed by atoms with Crippen molar-refractivity contribution < 1.29 is 19.1 Å². The molecule has 1 aliphatic carbocycles. The molecule has 28 heavy (non-hydrogen) atoms. The number of alkyl halides is 2. The molecule has 1 aromatic carbocycles. The number of benzene rings is 1. The molecule has 2 amide bonds. The molecule has 0 spiro atoms. The summed E-state index contributed by atoms with van der Waals surface area (Å²) >= 11 is 13.3. The normalized spacial score (nSPS) is 33.6. The minimum atomic E-state index is -0.892. The number of unbranched alkanes of at least 4 members (excludes halogenated alkanes) is 2. The number of ether oxygens (including phenoxy) is 2. The van der Waals surface area contributed by atoms with Crippen LogP contribution >= 0.6 is 23.2 Å². The first-order chi connectivity index (χ1) is 13.3. The fraction of sp³-hybridized carbons (Fsp3) is 0.619. The van der Waals surface area contributed by atoms with Gasteiger partial charge in [-0.25, -0.2) is 4.79 Å². The van der Waals surface area contributed by atoms with Crippen LogP contribution in [0.4, 0.5) is 4.79 Å². The second-order valence-corrected chi connectivity index (χ2v) is 9.22. The average Bonchev–Trinajstić information content (AvgIpc) is 3.37. The van der Waals surface area contributed by atoms with Crippen LogP contribution in [-0.2, 0) is 20.7 Å². The number of hydrogen-bond acceptors (Lipinski definition) is 4. The van der Waals surface area contributed by atoms with Crippen molar-refractivity contribution in [3.8, 4) is 0 Å². The summed E-state index contributed by atoms with van der Waals surface area (Å²) < 4.78 is 11.4. The van der Waals surface area contributed by atoms with Crippen LogP contribution in [0.2, 0.25) is 0 Å². The lowest BCUT2D eigenvalue weighted by molar-refractivity contribution is -0.118. The Hall–Kier alpha value is -1.30. The van der Waals surface area contributed by atoms with Gasteiger partial charge in [-0.05, 0) is 31.7 Å².